The van der Waals surface area contributed by atoms with Crippen LogP contribution in [0, 0.1) is 12.8 Å². The number of aliphatic hydroxyl groups excluding tert-OH is 1. The second kappa shape index (κ2) is 4.76. The van der Waals surface area contributed by atoms with Crippen molar-refractivity contribution in [1.29, 1.82) is 0 Å². The van der Waals surface area contributed by atoms with E-state index in [4.69, 9.17) is 11.6 Å². The predicted octanol–water partition coefficient (Wildman–Crippen LogP) is 2.48. The molecule has 0 spiro atoms. The molecule has 1 aromatic heterocycles. The molecule has 1 atom stereocenters. The van der Waals surface area contributed by atoms with Crippen molar-refractivity contribution in [3.8, 4) is 0 Å². The molecule has 0 radical (unpaired) electrons. The van der Waals surface area contributed by atoms with E-state index < -0.39 is 0 Å². The molecule has 0 bridgehead atoms. The first-order chi connectivity index (χ1) is 7.59. The van der Waals surface area contributed by atoms with Gasteiger partial charge in [-0.3, -0.25) is 4.68 Å². The first kappa shape index (κ1) is 11.9. The number of aliphatic hydroxyl groups is 1. The molecule has 3 nitrogen and oxygen atoms in total. The number of rotatable bonds is 5. The van der Waals surface area contributed by atoms with Crippen LogP contribution in [0.4, 0.5) is 0 Å². The molecule has 90 valence electrons. The minimum Gasteiger partial charge on any atom is -0.393 e. The molecule has 16 heavy (non-hydrogen) atoms. The summed E-state index contributed by atoms with van der Waals surface area (Å²) < 4.78 is 1.85. The Kier molecular flexibility index (Phi) is 3.55. The van der Waals surface area contributed by atoms with Gasteiger partial charge < -0.3 is 5.11 Å². The van der Waals surface area contributed by atoms with Gasteiger partial charge in [-0.05, 0) is 44.9 Å². The highest BCUT2D eigenvalue weighted by Gasteiger charge is 2.29. The third-order valence-electron chi connectivity index (χ3n) is 3.34. The van der Waals surface area contributed by atoms with Crippen molar-refractivity contribution in [1.82, 2.24) is 9.78 Å². The zero-order valence-corrected chi connectivity index (χ0v) is 10.7. The molecule has 1 saturated carbocycles. The fraction of sp³-hybridized carbons (Fsp3) is 0.750. The third kappa shape index (κ3) is 2.58. The average Bonchev–Trinajstić information content (AvgIpc) is 3.02. The summed E-state index contributed by atoms with van der Waals surface area (Å²) in [5.74, 6) is 0.573. The number of hydrogen-bond donors (Lipinski definition) is 1. The second-order valence-corrected chi connectivity index (χ2v) is 5.14. The van der Waals surface area contributed by atoms with Gasteiger partial charge in [0.05, 0.1) is 22.5 Å². The van der Waals surface area contributed by atoms with Crippen LogP contribution in [0.5, 0.6) is 0 Å². The van der Waals surface area contributed by atoms with Crippen LogP contribution in [0.2, 0.25) is 5.02 Å². The average molecular weight is 243 g/mol. The van der Waals surface area contributed by atoms with Crippen LogP contribution >= 0.6 is 11.6 Å². The topological polar surface area (TPSA) is 38.0 Å². The Bertz CT molecular complexity index is 371. The van der Waals surface area contributed by atoms with Gasteiger partial charge in [-0.15, -0.1) is 0 Å². The molecule has 0 amide bonds. The number of nitrogens with zero attached hydrogens (tertiary/aromatic N) is 2. The van der Waals surface area contributed by atoms with Crippen LogP contribution in [-0.2, 0) is 13.5 Å². The molecule has 1 aliphatic carbocycles. The van der Waals surface area contributed by atoms with E-state index in [9.17, 15) is 5.11 Å². The van der Waals surface area contributed by atoms with E-state index in [2.05, 4.69) is 5.10 Å². The van der Waals surface area contributed by atoms with E-state index in [-0.39, 0.29) is 6.10 Å². The lowest BCUT2D eigenvalue weighted by atomic mass is 10.1. The van der Waals surface area contributed by atoms with Gasteiger partial charge in [0.2, 0.25) is 0 Å². The standard InChI is InChI=1S/C12H19ClN2O/c1-8-12(13)10(15(2)14-8)4-3-5-11(16)9-6-7-9/h9,11,16H,3-7H2,1-2H3. The van der Waals surface area contributed by atoms with Crippen LogP contribution < -0.4 is 0 Å². The molecule has 1 N–H and O–H groups in total. The zero-order valence-electron chi connectivity index (χ0n) is 9.91. The molecule has 1 fully saturated rings. The monoisotopic (exact) mass is 242 g/mol. The lowest BCUT2D eigenvalue weighted by Crippen LogP contribution is -2.09. The fourth-order valence-electron chi connectivity index (χ4n) is 2.15. The van der Waals surface area contributed by atoms with Crippen molar-refractivity contribution >= 4 is 11.6 Å². The normalized spacial score (nSPS) is 17.8. The molecule has 1 aliphatic rings. The number of aryl methyl sites for hydroxylation is 2. The second-order valence-electron chi connectivity index (χ2n) is 4.77. The number of hydrogen-bond acceptors (Lipinski definition) is 2. The maximum atomic E-state index is 9.76. The Morgan fingerprint density at radius 3 is 2.75 bits per heavy atom. The Hall–Kier alpha value is -0.540. The van der Waals surface area contributed by atoms with Crippen LogP contribution in [0.15, 0.2) is 0 Å². The number of halogens is 1. The van der Waals surface area contributed by atoms with E-state index in [0.717, 1.165) is 35.7 Å². The van der Waals surface area contributed by atoms with Crippen molar-refractivity contribution in [3.63, 3.8) is 0 Å². The van der Waals surface area contributed by atoms with Crippen molar-refractivity contribution in [2.24, 2.45) is 13.0 Å². The Labute approximate surface area is 101 Å². The first-order valence-corrected chi connectivity index (χ1v) is 6.33. The Morgan fingerprint density at radius 2 is 2.25 bits per heavy atom. The van der Waals surface area contributed by atoms with Crippen molar-refractivity contribution in [3.05, 3.63) is 16.4 Å². The Morgan fingerprint density at radius 1 is 1.56 bits per heavy atom. The van der Waals surface area contributed by atoms with Gasteiger partial charge in [-0.1, -0.05) is 11.6 Å². The van der Waals surface area contributed by atoms with Gasteiger partial charge in [-0.2, -0.15) is 5.10 Å². The lowest BCUT2D eigenvalue weighted by molar-refractivity contribution is 0.139. The molecule has 1 aromatic rings. The van der Waals surface area contributed by atoms with E-state index in [1.807, 2.05) is 18.7 Å². The van der Waals surface area contributed by atoms with Gasteiger partial charge in [0.1, 0.15) is 0 Å². The highest BCUT2D eigenvalue weighted by Crippen LogP contribution is 2.34. The van der Waals surface area contributed by atoms with Crippen LogP contribution in [0.1, 0.15) is 37.1 Å². The SMILES string of the molecule is Cc1nn(C)c(CCCC(O)C2CC2)c1Cl. The molecule has 0 saturated heterocycles. The summed E-state index contributed by atoms with van der Waals surface area (Å²) in [5, 5.41) is 14.8. The first-order valence-electron chi connectivity index (χ1n) is 5.95. The van der Waals surface area contributed by atoms with Crippen LogP contribution in [-0.4, -0.2) is 21.0 Å². The summed E-state index contributed by atoms with van der Waals surface area (Å²) in [5.41, 5.74) is 1.98. The molecule has 1 heterocycles. The third-order valence-corrected chi connectivity index (χ3v) is 3.83. The molecule has 0 aromatic carbocycles. The largest absolute Gasteiger partial charge is 0.393 e. The summed E-state index contributed by atoms with van der Waals surface area (Å²) in [4.78, 5) is 0. The summed E-state index contributed by atoms with van der Waals surface area (Å²) in [6.45, 7) is 1.92. The van der Waals surface area contributed by atoms with Gasteiger partial charge in [-0.25, -0.2) is 0 Å². The minimum atomic E-state index is -0.104. The minimum absolute atomic E-state index is 0.104. The number of aromatic nitrogens is 2. The maximum absolute atomic E-state index is 9.76. The summed E-state index contributed by atoms with van der Waals surface area (Å²) in [6, 6.07) is 0. The van der Waals surface area contributed by atoms with E-state index in [1.165, 1.54) is 12.8 Å². The highest BCUT2D eigenvalue weighted by molar-refractivity contribution is 6.31. The van der Waals surface area contributed by atoms with E-state index >= 15 is 0 Å². The molecule has 0 aliphatic heterocycles. The summed E-state index contributed by atoms with van der Waals surface area (Å²) in [6.07, 6.45) is 5.06. The molecule has 2 rings (SSSR count). The highest BCUT2D eigenvalue weighted by atomic mass is 35.5. The predicted molar refractivity (Wildman–Crippen MR) is 64.6 cm³/mol. The quantitative estimate of drug-likeness (QED) is 0.862. The van der Waals surface area contributed by atoms with Crippen molar-refractivity contribution in [2.75, 3.05) is 0 Å². The van der Waals surface area contributed by atoms with Gasteiger partial charge in [0.25, 0.3) is 0 Å². The van der Waals surface area contributed by atoms with Crippen LogP contribution in [0.3, 0.4) is 0 Å². The summed E-state index contributed by atoms with van der Waals surface area (Å²) in [7, 11) is 1.92. The van der Waals surface area contributed by atoms with E-state index in [1.54, 1.807) is 0 Å². The fourth-order valence-corrected chi connectivity index (χ4v) is 2.40. The van der Waals surface area contributed by atoms with Crippen molar-refractivity contribution in [2.45, 2.75) is 45.1 Å². The molecular weight excluding hydrogens is 224 g/mol. The van der Waals surface area contributed by atoms with Gasteiger partial charge >= 0.3 is 0 Å². The van der Waals surface area contributed by atoms with Crippen molar-refractivity contribution < 1.29 is 5.11 Å². The summed E-state index contributed by atoms with van der Waals surface area (Å²) >= 11 is 6.16. The molecule has 4 heteroatoms. The van der Waals surface area contributed by atoms with Gasteiger partial charge in [0, 0.05) is 7.05 Å². The zero-order chi connectivity index (χ0) is 11.7. The molecule has 1 unspecified atom stereocenters. The smallest absolute Gasteiger partial charge is 0.0846 e. The van der Waals surface area contributed by atoms with Gasteiger partial charge in [0.15, 0.2) is 0 Å². The maximum Gasteiger partial charge on any atom is 0.0846 e. The van der Waals surface area contributed by atoms with E-state index in [0.29, 0.717) is 5.92 Å². The molecular formula is C12H19ClN2O. The van der Waals surface area contributed by atoms with Crippen LogP contribution in [0.25, 0.3) is 0 Å². The Balaban J connectivity index is 1.84. The lowest BCUT2D eigenvalue weighted by Gasteiger charge is -2.08.